The number of ether oxygens (including phenoxy) is 1. The average Bonchev–Trinajstić information content (AvgIpc) is 3.17. The highest BCUT2D eigenvalue weighted by Gasteiger charge is 2.31. The molecule has 0 aliphatic heterocycles. The van der Waals surface area contributed by atoms with Gasteiger partial charge in [-0.15, -0.1) is 0 Å². The van der Waals surface area contributed by atoms with Crippen LogP contribution in [0.2, 0.25) is 5.02 Å². The molecule has 26 heavy (non-hydrogen) atoms. The van der Waals surface area contributed by atoms with E-state index in [4.69, 9.17) is 16.3 Å². The molecule has 7 heteroatoms. The van der Waals surface area contributed by atoms with Gasteiger partial charge in [0.15, 0.2) is 4.88 Å². The second-order valence-corrected chi connectivity index (χ2v) is 7.98. The predicted octanol–water partition coefficient (Wildman–Crippen LogP) is 2.47. The van der Waals surface area contributed by atoms with Crippen molar-refractivity contribution in [1.29, 1.82) is 0 Å². The second-order valence-electron chi connectivity index (χ2n) is 5.43. The van der Waals surface area contributed by atoms with Crippen LogP contribution in [0, 0.1) is 0 Å². The molecule has 2 aromatic carbocycles. The highest BCUT2D eigenvalue weighted by molar-refractivity contribution is 7.36. The van der Waals surface area contributed by atoms with Crippen LogP contribution in [-0.2, 0) is 4.79 Å². The van der Waals surface area contributed by atoms with Crippen molar-refractivity contribution in [3.05, 3.63) is 65.0 Å². The van der Waals surface area contributed by atoms with Gasteiger partial charge in [-0.1, -0.05) is 57.7 Å². The van der Waals surface area contributed by atoms with Gasteiger partial charge in [0.25, 0.3) is 0 Å². The van der Waals surface area contributed by atoms with E-state index in [1.54, 1.807) is 22.7 Å². The normalized spacial score (nSPS) is 10.5. The number of esters is 1. The van der Waals surface area contributed by atoms with E-state index in [9.17, 15) is 4.79 Å². The fraction of sp³-hybridized carbons (Fsp3) is 0.0526. The molecule has 3 nitrogen and oxygen atoms in total. The van der Waals surface area contributed by atoms with Crippen molar-refractivity contribution in [2.75, 3.05) is 0 Å². The molecule has 0 aliphatic carbocycles. The molecule has 0 saturated heterocycles. The van der Waals surface area contributed by atoms with Crippen LogP contribution in [0.1, 0.15) is 6.92 Å². The molecule has 132 valence electrons. The Morgan fingerprint density at radius 1 is 1.04 bits per heavy atom. The summed E-state index contributed by atoms with van der Waals surface area (Å²) in [5.41, 5.74) is 3.03. The molecular weight excluding hydrogens is 454 g/mol. The average molecular weight is 467 g/mol. The topological polar surface area (TPSA) is 30.4 Å². The monoisotopic (exact) mass is 465 g/mol. The lowest BCUT2D eigenvalue weighted by atomic mass is 10.1. The van der Waals surface area contributed by atoms with Gasteiger partial charge in [-0.05, 0) is 35.6 Å². The molecule has 0 atom stereocenters. The van der Waals surface area contributed by atoms with E-state index >= 15 is 0 Å². The van der Waals surface area contributed by atoms with E-state index in [0.717, 1.165) is 25.8 Å². The van der Waals surface area contributed by atoms with Crippen molar-refractivity contribution in [2.24, 2.45) is 0 Å². The van der Waals surface area contributed by atoms with E-state index in [1.807, 2.05) is 59.0 Å². The number of halogens is 2. The number of aromatic nitrogens is 1. The van der Waals surface area contributed by atoms with Crippen LogP contribution in [0.15, 0.2) is 60.0 Å². The first kappa shape index (κ1) is 19.0. The summed E-state index contributed by atoms with van der Waals surface area (Å²) in [7, 11) is 0. The van der Waals surface area contributed by atoms with E-state index < -0.39 is 0 Å². The summed E-state index contributed by atoms with van der Waals surface area (Å²) in [4.78, 5) is 12.7. The van der Waals surface area contributed by atoms with Gasteiger partial charge in [-0.2, -0.15) is 0 Å². The Morgan fingerprint density at radius 2 is 1.73 bits per heavy atom. The standard InChI is InChI=1S/C19H13ClNO2S2.BrH/c1-12(22)23-18-17(14-5-3-2-4-6-14)25-19-21(18)16(11-24-19)13-7-9-15(20)10-8-13;/h2-11H,1H3;1H/q+1;/p-1. The SMILES string of the molecule is CC(=O)Oc1c(-c2ccccc2)sc2scc(-c3ccc(Cl)cc3)[n+]12.[Br-]. The van der Waals surface area contributed by atoms with Crippen molar-refractivity contribution < 1.29 is 30.9 Å². The Morgan fingerprint density at radius 3 is 2.38 bits per heavy atom. The molecule has 0 saturated carbocycles. The molecule has 0 unspecified atom stereocenters. The zero-order chi connectivity index (χ0) is 17.4. The van der Waals surface area contributed by atoms with E-state index in [1.165, 1.54) is 6.92 Å². The maximum Gasteiger partial charge on any atom is 0.402 e. The lowest BCUT2D eigenvalue weighted by Gasteiger charge is -2.00. The molecule has 0 N–H and O–H groups in total. The molecule has 2 aromatic heterocycles. The van der Waals surface area contributed by atoms with Gasteiger partial charge in [-0.3, -0.25) is 4.79 Å². The van der Waals surface area contributed by atoms with Crippen LogP contribution in [0.5, 0.6) is 5.88 Å². The Balaban J connectivity index is 0.00000196. The highest BCUT2D eigenvalue weighted by Crippen LogP contribution is 2.39. The zero-order valence-electron chi connectivity index (χ0n) is 13.6. The number of thiazole rings is 2. The molecule has 4 rings (SSSR count). The van der Waals surface area contributed by atoms with Gasteiger partial charge in [0.1, 0.15) is 0 Å². The van der Waals surface area contributed by atoms with Crippen molar-refractivity contribution in [3.8, 4) is 27.6 Å². The number of benzene rings is 2. The van der Waals surface area contributed by atoms with Crippen LogP contribution < -0.4 is 26.1 Å². The molecule has 0 spiro atoms. The zero-order valence-corrected chi connectivity index (χ0v) is 17.6. The van der Waals surface area contributed by atoms with Crippen LogP contribution in [0.4, 0.5) is 0 Å². The number of hydrogen-bond donors (Lipinski definition) is 0. The Hall–Kier alpha value is -1.73. The fourth-order valence-electron chi connectivity index (χ4n) is 2.62. The maximum atomic E-state index is 11.7. The van der Waals surface area contributed by atoms with Gasteiger partial charge < -0.3 is 21.7 Å². The first-order valence-electron chi connectivity index (χ1n) is 7.59. The van der Waals surface area contributed by atoms with Crippen molar-refractivity contribution in [1.82, 2.24) is 0 Å². The quantitative estimate of drug-likeness (QED) is 0.343. The second kappa shape index (κ2) is 7.88. The summed E-state index contributed by atoms with van der Waals surface area (Å²) in [5.74, 6) is 0.225. The molecule has 0 fully saturated rings. The van der Waals surface area contributed by atoms with Crippen LogP contribution in [-0.4, -0.2) is 5.97 Å². The van der Waals surface area contributed by atoms with Gasteiger partial charge in [-0.25, -0.2) is 0 Å². The van der Waals surface area contributed by atoms with Gasteiger partial charge in [0.05, 0.1) is 5.38 Å². The lowest BCUT2D eigenvalue weighted by Crippen LogP contribution is -3.00. The Bertz CT molecular complexity index is 1060. The van der Waals surface area contributed by atoms with Gasteiger partial charge >= 0.3 is 16.0 Å². The summed E-state index contributed by atoms with van der Waals surface area (Å²) in [6.45, 7) is 1.42. The molecule has 0 radical (unpaired) electrons. The third kappa shape index (κ3) is 3.55. The molecular formula is C19H13BrClNO2S2. The number of hydrogen-bond acceptors (Lipinski definition) is 4. The van der Waals surface area contributed by atoms with Crippen molar-refractivity contribution in [2.45, 2.75) is 6.92 Å². The van der Waals surface area contributed by atoms with Gasteiger partial charge in [0.2, 0.25) is 5.69 Å². The number of carbonyl (C=O) groups excluding carboxylic acids is 1. The molecule has 2 heterocycles. The highest BCUT2D eigenvalue weighted by atomic mass is 79.9. The molecule has 4 aromatic rings. The third-order valence-electron chi connectivity index (χ3n) is 3.70. The van der Waals surface area contributed by atoms with Crippen LogP contribution in [0.25, 0.3) is 25.8 Å². The lowest BCUT2D eigenvalue weighted by molar-refractivity contribution is -0.498. The number of rotatable bonds is 3. The smallest absolute Gasteiger partial charge is 0.402 e. The summed E-state index contributed by atoms with van der Waals surface area (Å²) in [5, 5.41) is 2.76. The fourth-order valence-corrected chi connectivity index (χ4v) is 5.00. The van der Waals surface area contributed by atoms with Crippen LogP contribution in [0.3, 0.4) is 0 Å². The Labute approximate surface area is 174 Å². The van der Waals surface area contributed by atoms with E-state index in [0.29, 0.717) is 10.9 Å². The minimum atomic E-state index is -0.336. The summed E-state index contributed by atoms with van der Waals surface area (Å²) in [6, 6.07) is 17.6. The molecule has 0 amide bonds. The summed E-state index contributed by atoms with van der Waals surface area (Å²) >= 11 is 9.25. The third-order valence-corrected chi connectivity index (χ3v) is 6.19. The number of carbonyl (C=O) groups is 1. The van der Waals surface area contributed by atoms with Gasteiger partial charge in [0, 0.05) is 23.1 Å². The van der Waals surface area contributed by atoms with Crippen LogP contribution >= 0.6 is 34.3 Å². The summed E-state index contributed by atoms with van der Waals surface area (Å²) in [6.07, 6.45) is 0. The van der Waals surface area contributed by atoms with Crippen molar-refractivity contribution in [3.63, 3.8) is 0 Å². The van der Waals surface area contributed by atoms with E-state index in [-0.39, 0.29) is 23.0 Å². The predicted molar refractivity (Wildman–Crippen MR) is 103 cm³/mol. The number of nitrogens with zero attached hydrogens (tertiary/aromatic N) is 1. The Kier molecular flexibility index (Phi) is 5.77. The largest absolute Gasteiger partial charge is 1.00 e. The maximum absolute atomic E-state index is 11.7. The summed E-state index contributed by atoms with van der Waals surface area (Å²) < 4.78 is 8.67. The molecule has 0 bridgehead atoms. The first-order valence-corrected chi connectivity index (χ1v) is 9.67. The minimum Gasteiger partial charge on any atom is -1.00 e. The van der Waals surface area contributed by atoms with E-state index in [2.05, 4.69) is 5.38 Å². The first-order chi connectivity index (χ1) is 12.1. The van der Waals surface area contributed by atoms with Crippen molar-refractivity contribution >= 4 is 44.4 Å². The minimum absolute atomic E-state index is 0. The number of fused-ring (bicyclic) bond motifs is 1. The molecule has 0 aliphatic rings.